The molecule has 2 aliphatic rings. The topological polar surface area (TPSA) is 158 Å². The monoisotopic (exact) mass is 649 g/mol. The number of hydrogen-bond donors (Lipinski definition) is 2. The lowest BCUT2D eigenvalue weighted by molar-refractivity contribution is -0.00574. The number of pyridine rings is 1. The second kappa shape index (κ2) is 13.2. The van der Waals surface area contributed by atoms with Gasteiger partial charge >= 0.3 is 5.97 Å². The number of Topliss-reactive ketones (excluding diaryl/α,β-unsaturated/α-hetero) is 1. The second-order valence-electron chi connectivity index (χ2n) is 11.8. The molecule has 0 unspecified atom stereocenters. The van der Waals surface area contributed by atoms with Crippen molar-refractivity contribution in [3.8, 4) is 39.5 Å². The van der Waals surface area contributed by atoms with Gasteiger partial charge in [-0.25, -0.2) is 4.79 Å². The highest BCUT2D eigenvalue weighted by Crippen LogP contribution is 2.43. The molecule has 0 aliphatic carbocycles. The Labute approximate surface area is 277 Å². The van der Waals surface area contributed by atoms with E-state index in [1.54, 1.807) is 59.6 Å². The van der Waals surface area contributed by atoms with Gasteiger partial charge in [0.2, 0.25) is 5.91 Å². The summed E-state index contributed by atoms with van der Waals surface area (Å²) in [7, 11) is 0. The van der Waals surface area contributed by atoms with Crippen LogP contribution in [0.4, 0.5) is 0 Å². The number of aromatic carboxylic acids is 1. The number of carboxylic acids is 1. The average Bonchev–Trinajstić information content (AvgIpc) is 3.08. The van der Waals surface area contributed by atoms with E-state index in [2.05, 4.69) is 4.98 Å². The first kappa shape index (κ1) is 32.2. The predicted molar refractivity (Wildman–Crippen MR) is 177 cm³/mol. The molecule has 1 aromatic heterocycles. The third-order valence-corrected chi connectivity index (χ3v) is 8.72. The van der Waals surface area contributed by atoms with Crippen molar-refractivity contribution in [2.24, 2.45) is 5.73 Å². The van der Waals surface area contributed by atoms with E-state index in [0.717, 1.165) is 5.56 Å². The quantitative estimate of drug-likeness (QED) is 0.234. The molecule has 11 heteroatoms. The third kappa shape index (κ3) is 6.31. The van der Waals surface area contributed by atoms with Crippen molar-refractivity contribution in [2.45, 2.75) is 38.7 Å². The molecule has 6 rings (SSSR count). The molecule has 2 aliphatic heterocycles. The fraction of sp³-hybridized carbons (Fsp3) is 0.270. The molecule has 2 amide bonds. The van der Waals surface area contributed by atoms with Crippen LogP contribution in [0.2, 0.25) is 0 Å². The predicted octanol–water partition coefficient (Wildman–Crippen LogP) is 5.65. The number of benzene rings is 3. The van der Waals surface area contributed by atoms with Gasteiger partial charge < -0.3 is 30.0 Å². The maximum absolute atomic E-state index is 13.9. The third-order valence-electron chi connectivity index (χ3n) is 8.72. The van der Waals surface area contributed by atoms with Gasteiger partial charge in [0.15, 0.2) is 5.78 Å². The van der Waals surface area contributed by atoms with E-state index < -0.39 is 17.5 Å². The van der Waals surface area contributed by atoms with Crippen molar-refractivity contribution in [1.29, 1.82) is 0 Å². The molecule has 1 fully saturated rings. The summed E-state index contributed by atoms with van der Waals surface area (Å²) in [5, 5.41) is 9.54. The largest absolute Gasteiger partial charge is 0.493 e. The zero-order valence-electron chi connectivity index (χ0n) is 26.7. The van der Waals surface area contributed by atoms with E-state index >= 15 is 0 Å². The number of ketones is 1. The van der Waals surface area contributed by atoms with Crippen molar-refractivity contribution in [3.63, 3.8) is 0 Å². The summed E-state index contributed by atoms with van der Waals surface area (Å²) in [4.78, 5) is 56.4. The molecular formula is C37H35N3O8. The Balaban J connectivity index is 1.21. The fourth-order valence-electron chi connectivity index (χ4n) is 6.33. The Morgan fingerprint density at radius 2 is 1.56 bits per heavy atom. The number of amides is 2. The van der Waals surface area contributed by atoms with E-state index in [4.69, 9.17) is 19.9 Å². The van der Waals surface area contributed by atoms with Crippen molar-refractivity contribution in [2.75, 3.05) is 26.3 Å². The highest BCUT2D eigenvalue weighted by atomic mass is 16.5. The van der Waals surface area contributed by atoms with Crippen molar-refractivity contribution in [3.05, 3.63) is 95.3 Å². The van der Waals surface area contributed by atoms with Gasteiger partial charge in [-0.3, -0.25) is 19.4 Å². The van der Waals surface area contributed by atoms with E-state index in [1.807, 2.05) is 19.9 Å². The number of aromatic nitrogens is 1. The average molecular weight is 650 g/mol. The minimum atomic E-state index is -1.05. The van der Waals surface area contributed by atoms with Gasteiger partial charge in [-0.1, -0.05) is 18.2 Å². The molecule has 3 N–H and O–H groups in total. The van der Waals surface area contributed by atoms with Gasteiger partial charge in [-0.2, -0.15) is 0 Å². The Bertz CT molecular complexity index is 1900. The Hall–Kier alpha value is -5.71. The number of ether oxygens (including phenoxy) is 3. The minimum absolute atomic E-state index is 0.0536. The van der Waals surface area contributed by atoms with Crippen molar-refractivity contribution in [1.82, 2.24) is 9.88 Å². The van der Waals surface area contributed by atoms with E-state index in [1.165, 1.54) is 12.3 Å². The zero-order chi connectivity index (χ0) is 34.0. The van der Waals surface area contributed by atoms with Crippen molar-refractivity contribution >= 4 is 23.6 Å². The van der Waals surface area contributed by atoms with Crippen LogP contribution in [0.15, 0.2) is 73.1 Å². The van der Waals surface area contributed by atoms with Gasteiger partial charge in [0, 0.05) is 49.5 Å². The lowest BCUT2D eigenvalue weighted by atomic mass is 9.82. The number of hydrogen-bond acceptors (Lipinski definition) is 8. The van der Waals surface area contributed by atoms with Crippen LogP contribution in [-0.2, 0) is 0 Å². The van der Waals surface area contributed by atoms with Crippen LogP contribution < -0.4 is 19.9 Å². The maximum Gasteiger partial charge on any atom is 0.335 e. The number of piperidine rings is 1. The number of nitrogens with two attached hydrogens (primary N) is 1. The molecule has 11 nitrogen and oxygen atoms in total. The second-order valence-corrected chi connectivity index (χ2v) is 11.8. The summed E-state index contributed by atoms with van der Waals surface area (Å²) in [6, 6.07) is 16.8. The summed E-state index contributed by atoms with van der Waals surface area (Å²) >= 11 is 0. The maximum atomic E-state index is 13.9. The Morgan fingerprint density at radius 1 is 0.875 bits per heavy atom. The Morgan fingerprint density at radius 3 is 2.21 bits per heavy atom. The number of nitrogens with zero attached hydrogens (tertiary/aromatic N) is 2. The van der Waals surface area contributed by atoms with Gasteiger partial charge in [0.1, 0.15) is 22.8 Å². The van der Waals surface area contributed by atoms with Crippen LogP contribution in [0.1, 0.15) is 74.5 Å². The fourth-order valence-corrected chi connectivity index (χ4v) is 6.33. The van der Waals surface area contributed by atoms with Gasteiger partial charge in [-0.15, -0.1) is 0 Å². The first-order valence-corrected chi connectivity index (χ1v) is 15.8. The number of carboxylic acid groups (broad SMARTS) is 1. The van der Waals surface area contributed by atoms with Crippen LogP contribution in [-0.4, -0.2) is 70.5 Å². The molecule has 0 saturated carbocycles. The molecule has 4 aromatic rings. The van der Waals surface area contributed by atoms with Gasteiger partial charge in [-0.05, 0) is 67.4 Å². The molecule has 3 heterocycles. The molecule has 1 saturated heterocycles. The standard InChI is InChI=1S/C37H35N3O8/c1-3-46-31-17-25(18-32(47-4-2)33(31)23-6-5-7-24(14-23)36(44)45)35(43)40-12-10-37(11-13-40)19-29(41)28-16-22(8-9-30(28)48-37)26-15-27(34(38)42)21-39-20-26/h5-9,14-18,20-21H,3-4,10-13,19H2,1-2H3,(H2,38,42)(H,44,45). The molecule has 3 aromatic carbocycles. The van der Waals surface area contributed by atoms with Crippen LogP contribution >= 0.6 is 0 Å². The normalized spacial score (nSPS) is 15.0. The molecular weight excluding hydrogens is 614 g/mol. The molecule has 1 spiro atoms. The summed E-state index contributed by atoms with van der Waals surface area (Å²) in [5.41, 5.74) is 8.47. The van der Waals surface area contributed by atoms with Gasteiger partial charge in [0.25, 0.3) is 5.91 Å². The smallest absolute Gasteiger partial charge is 0.335 e. The number of primary amides is 1. The van der Waals surface area contributed by atoms with Crippen LogP contribution in [0.25, 0.3) is 22.3 Å². The number of fused-ring (bicyclic) bond motifs is 1. The highest BCUT2D eigenvalue weighted by molar-refractivity contribution is 6.02. The summed E-state index contributed by atoms with van der Waals surface area (Å²) in [6.07, 6.45) is 4.11. The SMILES string of the molecule is CCOc1cc(C(=O)N2CCC3(CC2)CC(=O)c2cc(-c4cncc(C(N)=O)c4)ccc2O3)cc(OCC)c1-c1cccc(C(=O)O)c1. The number of rotatable bonds is 9. The van der Waals surface area contributed by atoms with E-state index in [-0.39, 0.29) is 29.2 Å². The molecule has 0 radical (unpaired) electrons. The van der Waals surface area contributed by atoms with Crippen LogP contribution in [0.3, 0.4) is 0 Å². The van der Waals surface area contributed by atoms with Gasteiger partial charge in [0.05, 0.1) is 41.9 Å². The molecule has 0 atom stereocenters. The van der Waals surface area contributed by atoms with E-state index in [9.17, 15) is 24.3 Å². The Kier molecular flexibility index (Phi) is 8.86. The highest BCUT2D eigenvalue weighted by Gasteiger charge is 2.44. The number of likely N-dealkylation sites (tertiary alicyclic amines) is 1. The van der Waals surface area contributed by atoms with Crippen LogP contribution in [0, 0.1) is 0 Å². The summed E-state index contributed by atoms with van der Waals surface area (Å²) in [5.74, 6) is -0.588. The van der Waals surface area contributed by atoms with Crippen molar-refractivity contribution < 1.29 is 38.5 Å². The number of carbonyl (C=O) groups excluding carboxylic acids is 3. The van der Waals surface area contributed by atoms with E-state index in [0.29, 0.717) is 84.2 Å². The van der Waals surface area contributed by atoms with Crippen LogP contribution in [0.5, 0.6) is 17.2 Å². The summed E-state index contributed by atoms with van der Waals surface area (Å²) < 4.78 is 18.4. The minimum Gasteiger partial charge on any atom is -0.493 e. The summed E-state index contributed by atoms with van der Waals surface area (Å²) in [6.45, 7) is 5.07. The first-order valence-electron chi connectivity index (χ1n) is 15.8. The first-order chi connectivity index (χ1) is 23.1. The molecule has 0 bridgehead atoms. The number of carbonyl (C=O) groups is 4. The molecule has 246 valence electrons. The zero-order valence-corrected chi connectivity index (χ0v) is 26.7. The lowest BCUT2D eigenvalue weighted by Crippen LogP contribution is -2.52. The molecule has 48 heavy (non-hydrogen) atoms. The lowest BCUT2D eigenvalue weighted by Gasteiger charge is -2.44.